The predicted molar refractivity (Wildman–Crippen MR) is 110 cm³/mol. The Morgan fingerprint density at radius 3 is 2.57 bits per heavy atom. The van der Waals surface area contributed by atoms with Gasteiger partial charge in [-0.05, 0) is 18.1 Å². The third kappa shape index (κ3) is 3.90. The first-order chi connectivity index (χ1) is 13.3. The van der Waals surface area contributed by atoms with Gasteiger partial charge in [0, 0.05) is 35.8 Å². The Morgan fingerprint density at radius 2 is 1.93 bits per heavy atom. The first-order valence-corrected chi connectivity index (χ1v) is 9.19. The van der Waals surface area contributed by atoms with Gasteiger partial charge in [0.15, 0.2) is 0 Å². The molecule has 0 bridgehead atoms. The number of hydrogen-bond acceptors (Lipinski definition) is 5. The molecule has 0 fully saturated rings. The second-order valence-electron chi connectivity index (χ2n) is 6.75. The number of imidazole rings is 1. The number of benzene rings is 1. The van der Waals surface area contributed by atoms with Crippen LogP contribution in [-0.4, -0.2) is 35.6 Å². The summed E-state index contributed by atoms with van der Waals surface area (Å²) in [4.78, 5) is 16.8. The molecule has 1 atom stereocenters. The van der Waals surface area contributed by atoms with E-state index in [4.69, 9.17) is 26.8 Å². The van der Waals surface area contributed by atoms with Crippen molar-refractivity contribution in [1.82, 2.24) is 9.38 Å². The maximum atomic E-state index is 12.2. The molecule has 3 rings (SSSR count). The number of pyridine rings is 1. The van der Waals surface area contributed by atoms with Crippen molar-refractivity contribution in [3.05, 3.63) is 41.7 Å². The van der Waals surface area contributed by atoms with Crippen LogP contribution in [0, 0.1) is 5.92 Å². The van der Waals surface area contributed by atoms with Crippen LogP contribution in [0.2, 0.25) is 5.02 Å². The number of aromatic nitrogens is 2. The van der Waals surface area contributed by atoms with E-state index in [1.807, 2.05) is 30.6 Å². The van der Waals surface area contributed by atoms with Crippen molar-refractivity contribution in [3.8, 4) is 22.8 Å². The highest BCUT2D eigenvalue weighted by Gasteiger charge is 2.18. The van der Waals surface area contributed by atoms with Gasteiger partial charge >= 0.3 is 0 Å². The Balaban J connectivity index is 1.95. The maximum absolute atomic E-state index is 12.2. The highest BCUT2D eigenvalue weighted by molar-refractivity contribution is 6.32. The van der Waals surface area contributed by atoms with E-state index in [1.54, 1.807) is 38.5 Å². The monoisotopic (exact) mass is 402 g/mol. The normalized spacial score (nSPS) is 12.2. The van der Waals surface area contributed by atoms with Crippen molar-refractivity contribution >= 4 is 28.8 Å². The molecule has 1 amide bonds. The molecule has 2 heterocycles. The summed E-state index contributed by atoms with van der Waals surface area (Å²) in [5.74, 6) is 0.947. The number of carbonyl (C=O) groups excluding carboxylic acids is 1. The Labute approximate surface area is 168 Å². The van der Waals surface area contributed by atoms with E-state index < -0.39 is 6.04 Å². The van der Waals surface area contributed by atoms with Crippen LogP contribution in [0.15, 0.2) is 36.7 Å². The van der Waals surface area contributed by atoms with E-state index in [1.165, 1.54) is 0 Å². The van der Waals surface area contributed by atoms with Crippen LogP contribution in [0.5, 0.6) is 11.5 Å². The molecule has 0 spiro atoms. The molecule has 1 unspecified atom stereocenters. The number of nitrogens with one attached hydrogen (secondary N) is 1. The van der Waals surface area contributed by atoms with Crippen LogP contribution in [0.3, 0.4) is 0 Å². The summed E-state index contributed by atoms with van der Waals surface area (Å²) in [6.07, 6.45) is 3.68. The van der Waals surface area contributed by atoms with Crippen molar-refractivity contribution < 1.29 is 14.3 Å². The molecule has 0 aliphatic rings. The average molecular weight is 403 g/mol. The lowest BCUT2D eigenvalue weighted by Crippen LogP contribution is -2.39. The summed E-state index contributed by atoms with van der Waals surface area (Å²) in [5.41, 5.74) is 8.62. The number of fused-ring (bicyclic) bond motifs is 1. The molecule has 0 aliphatic carbocycles. The van der Waals surface area contributed by atoms with E-state index in [0.29, 0.717) is 33.6 Å². The predicted octanol–water partition coefficient (Wildman–Crippen LogP) is 3.59. The zero-order chi connectivity index (χ0) is 20.4. The van der Waals surface area contributed by atoms with Gasteiger partial charge in [0.1, 0.15) is 17.1 Å². The van der Waals surface area contributed by atoms with Gasteiger partial charge in [-0.3, -0.25) is 4.79 Å². The Kier molecular flexibility index (Phi) is 5.76. The highest BCUT2D eigenvalue weighted by Crippen LogP contribution is 2.38. The van der Waals surface area contributed by atoms with Gasteiger partial charge in [0.2, 0.25) is 5.91 Å². The standard InChI is InChI=1S/C20H23ClN4O3/c1-11(2)19(22)20(26)23-12-5-6-25-10-15(24-18(25)7-12)13-8-14(21)17(28-4)9-16(13)27-3/h5-11,19H,22H2,1-4H3,(H,23,26). The number of nitrogens with two attached hydrogens (primary N) is 1. The number of ether oxygens (including phenoxy) is 2. The van der Waals surface area contributed by atoms with Crippen LogP contribution in [-0.2, 0) is 4.79 Å². The van der Waals surface area contributed by atoms with Gasteiger partial charge in [0.05, 0.1) is 31.0 Å². The molecule has 0 saturated carbocycles. The second-order valence-corrected chi connectivity index (χ2v) is 7.16. The molecule has 7 nitrogen and oxygen atoms in total. The fourth-order valence-corrected chi connectivity index (χ4v) is 3.02. The van der Waals surface area contributed by atoms with Crippen LogP contribution >= 0.6 is 11.6 Å². The van der Waals surface area contributed by atoms with E-state index in [-0.39, 0.29) is 11.8 Å². The number of nitrogens with zero attached hydrogens (tertiary/aromatic N) is 2. The minimum atomic E-state index is -0.572. The fourth-order valence-electron chi connectivity index (χ4n) is 2.78. The molecule has 0 saturated heterocycles. The lowest BCUT2D eigenvalue weighted by molar-refractivity contribution is -0.118. The lowest BCUT2D eigenvalue weighted by atomic mass is 10.1. The summed E-state index contributed by atoms with van der Waals surface area (Å²) in [7, 11) is 3.12. The largest absolute Gasteiger partial charge is 0.496 e. The smallest absolute Gasteiger partial charge is 0.241 e. The average Bonchev–Trinajstić information content (AvgIpc) is 3.10. The van der Waals surface area contributed by atoms with Gasteiger partial charge in [0.25, 0.3) is 0 Å². The molecule has 148 valence electrons. The third-order valence-electron chi connectivity index (χ3n) is 4.50. The molecule has 3 aromatic rings. The van der Waals surface area contributed by atoms with Crippen molar-refractivity contribution in [2.45, 2.75) is 19.9 Å². The van der Waals surface area contributed by atoms with Crippen LogP contribution < -0.4 is 20.5 Å². The summed E-state index contributed by atoms with van der Waals surface area (Å²) in [6, 6.07) is 6.48. The van der Waals surface area contributed by atoms with Crippen LogP contribution in [0.4, 0.5) is 5.69 Å². The number of anilines is 1. The van der Waals surface area contributed by atoms with Gasteiger partial charge in [-0.1, -0.05) is 25.4 Å². The first-order valence-electron chi connectivity index (χ1n) is 8.81. The van der Waals surface area contributed by atoms with Crippen molar-refractivity contribution in [2.24, 2.45) is 11.7 Å². The number of hydrogen-bond donors (Lipinski definition) is 2. The van der Waals surface area contributed by atoms with Gasteiger partial charge in [-0.15, -0.1) is 0 Å². The number of amides is 1. The molecule has 3 N–H and O–H groups in total. The van der Waals surface area contributed by atoms with E-state index in [2.05, 4.69) is 10.3 Å². The molecule has 8 heteroatoms. The summed E-state index contributed by atoms with van der Waals surface area (Å²) in [6.45, 7) is 3.81. The zero-order valence-corrected chi connectivity index (χ0v) is 16.9. The Bertz CT molecular complexity index is 1020. The van der Waals surface area contributed by atoms with E-state index in [0.717, 1.165) is 5.56 Å². The van der Waals surface area contributed by atoms with Crippen molar-refractivity contribution in [1.29, 1.82) is 0 Å². The Morgan fingerprint density at radius 1 is 1.21 bits per heavy atom. The minimum absolute atomic E-state index is 0.0500. The molecule has 28 heavy (non-hydrogen) atoms. The fraction of sp³-hybridized carbons (Fsp3) is 0.300. The summed E-state index contributed by atoms with van der Waals surface area (Å²) < 4.78 is 12.5. The first kappa shape index (κ1) is 20.0. The summed E-state index contributed by atoms with van der Waals surface area (Å²) in [5, 5.41) is 3.30. The maximum Gasteiger partial charge on any atom is 0.241 e. The summed E-state index contributed by atoms with van der Waals surface area (Å²) >= 11 is 6.27. The lowest BCUT2D eigenvalue weighted by Gasteiger charge is -2.15. The van der Waals surface area contributed by atoms with Crippen LogP contribution in [0.1, 0.15) is 13.8 Å². The van der Waals surface area contributed by atoms with Gasteiger partial charge in [-0.2, -0.15) is 0 Å². The number of rotatable bonds is 6. The molecule has 0 radical (unpaired) electrons. The van der Waals surface area contributed by atoms with Gasteiger partial charge in [-0.25, -0.2) is 4.98 Å². The SMILES string of the molecule is COc1cc(OC)c(-c2cn3ccc(NC(=O)C(N)C(C)C)cc3n2)cc1Cl. The molecular formula is C20H23ClN4O3. The molecule has 0 aliphatic heterocycles. The molecule has 1 aromatic carbocycles. The van der Waals surface area contributed by atoms with Crippen molar-refractivity contribution in [2.75, 3.05) is 19.5 Å². The number of halogens is 1. The zero-order valence-electron chi connectivity index (χ0n) is 16.2. The van der Waals surface area contributed by atoms with E-state index >= 15 is 0 Å². The quantitative estimate of drug-likeness (QED) is 0.657. The van der Waals surface area contributed by atoms with Crippen LogP contribution in [0.25, 0.3) is 16.9 Å². The highest BCUT2D eigenvalue weighted by atomic mass is 35.5. The third-order valence-corrected chi connectivity index (χ3v) is 4.79. The topological polar surface area (TPSA) is 90.9 Å². The second kappa shape index (κ2) is 8.08. The number of carbonyl (C=O) groups is 1. The molecular weight excluding hydrogens is 380 g/mol. The van der Waals surface area contributed by atoms with Gasteiger partial charge < -0.3 is 24.9 Å². The van der Waals surface area contributed by atoms with E-state index in [9.17, 15) is 4.79 Å². The van der Waals surface area contributed by atoms with Crippen molar-refractivity contribution in [3.63, 3.8) is 0 Å². The molecule has 2 aromatic heterocycles. The minimum Gasteiger partial charge on any atom is -0.496 e. The Hall–Kier alpha value is -2.77. The number of methoxy groups -OCH3 is 2.